The van der Waals surface area contributed by atoms with Gasteiger partial charge < -0.3 is 10.2 Å². The zero-order valence-electron chi connectivity index (χ0n) is 12.7. The molecule has 0 saturated carbocycles. The van der Waals surface area contributed by atoms with E-state index in [0.717, 1.165) is 16.9 Å². The van der Waals surface area contributed by atoms with Crippen molar-refractivity contribution in [3.8, 4) is 0 Å². The Bertz CT molecular complexity index is 682. The molecule has 1 aromatic carbocycles. The van der Waals surface area contributed by atoms with Crippen molar-refractivity contribution in [1.29, 1.82) is 0 Å². The van der Waals surface area contributed by atoms with Gasteiger partial charge in [-0.15, -0.1) is 11.3 Å². The summed E-state index contributed by atoms with van der Waals surface area (Å²) in [6.07, 6.45) is -5.47. The van der Waals surface area contributed by atoms with Gasteiger partial charge in [0, 0.05) is 13.1 Å². The van der Waals surface area contributed by atoms with E-state index in [1.807, 2.05) is 11.9 Å². The van der Waals surface area contributed by atoms with Gasteiger partial charge in [0.1, 0.15) is 6.17 Å². The molecule has 1 fully saturated rings. The molecular formula is C16H18F4N2S. The fraction of sp³-hybridized carbons (Fsp3) is 0.500. The molecule has 2 atom stereocenters. The Morgan fingerprint density at radius 3 is 2.83 bits per heavy atom. The molecule has 2 aromatic rings. The van der Waals surface area contributed by atoms with E-state index in [0.29, 0.717) is 18.4 Å². The van der Waals surface area contributed by atoms with Crippen molar-refractivity contribution in [2.75, 3.05) is 25.5 Å². The molecular weight excluding hydrogens is 328 g/mol. The third-order valence-corrected chi connectivity index (χ3v) is 5.23. The van der Waals surface area contributed by atoms with Gasteiger partial charge in [0.2, 0.25) is 0 Å². The highest BCUT2D eigenvalue weighted by Crippen LogP contribution is 2.36. The van der Waals surface area contributed by atoms with Gasteiger partial charge in [0.25, 0.3) is 0 Å². The summed E-state index contributed by atoms with van der Waals surface area (Å²) < 4.78 is 52.9. The number of anilines is 1. The van der Waals surface area contributed by atoms with E-state index in [2.05, 4.69) is 5.32 Å². The summed E-state index contributed by atoms with van der Waals surface area (Å²) in [5.41, 5.74) is 0.999. The first-order chi connectivity index (χ1) is 10.8. The van der Waals surface area contributed by atoms with E-state index in [1.54, 1.807) is 23.6 Å². The van der Waals surface area contributed by atoms with Crippen LogP contribution in [-0.2, 0) is 6.42 Å². The monoisotopic (exact) mass is 346 g/mol. The van der Waals surface area contributed by atoms with Crippen LogP contribution in [0.15, 0.2) is 23.6 Å². The number of alkyl halides is 4. The molecule has 1 saturated heterocycles. The lowest BCUT2D eigenvalue weighted by molar-refractivity contribution is -0.126. The highest BCUT2D eigenvalue weighted by atomic mass is 32.1. The molecule has 126 valence electrons. The normalized spacial score (nSPS) is 23.3. The average molecular weight is 346 g/mol. The van der Waals surface area contributed by atoms with Gasteiger partial charge in [-0.25, -0.2) is 4.39 Å². The summed E-state index contributed by atoms with van der Waals surface area (Å²) in [7, 11) is 1.88. The van der Waals surface area contributed by atoms with Gasteiger partial charge in [0.05, 0.1) is 22.8 Å². The number of thiophene rings is 1. The van der Waals surface area contributed by atoms with Crippen LogP contribution in [0.5, 0.6) is 0 Å². The Balaban J connectivity index is 1.84. The first-order valence-corrected chi connectivity index (χ1v) is 8.36. The van der Waals surface area contributed by atoms with Crippen molar-refractivity contribution in [3.05, 3.63) is 29.1 Å². The molecule has 0 aliphatic carbocycles. The Hall–Kier alpha value is -1.34. The number of hydrogen-bond acceptors (Lipinski definition) is 3. The zero-order valence-corrected chi connectivity index (χ0v) is 13.5. The van der Waals surface area contributed by atoms with Gasteiger partial charge in [0.15, 0.2) is 0 Å². The van der Waals surface area contributed by atoms with Crippen LogP contribution in [0, 0.1) is 0 Å². The van der Waals surface area contributed by atoms with Crippen LogP contribution < -0.4 is 5.32 Å². The largest absolute Gasteiger partial charge is 0.393 e. The number of piperidine rings is 1. The summed E-state index contributed by atoms with van der Waals surface area (Å²) in [4.78, 5) is 1.94. The number of hydrogen-bond donors (Lipinski definition) is 1. The molecule has 0 radical (unpaired) electrons. The van der Waals surface area contributed by atoms with Gasteiger partial charge in [-0.05, 0) is 35.9 Å². The smallest absolute Gasteiger partial charge is 0.378 e. The van der Waals surface area contributed by atoms with E-state index in [1.165, 1.54) is 11.3 Å². The minimum absolute atomic E-state index is 0.279. The van der Waals surface area contributed by atoms with Gasteiger partial charge in [-0.2, -0.15) is 13.2 Å². The number of nitrogens with zero attached hydrogens (tertiary/aromatic N) is 1. The lowest BCUT2D eigenvalue weighted by Crippen LogP contribution is -2.46. The lowest BCUT2D eigenvalue weighted by atomic mass is 10.0. The maximum Gasteiger partial charge on any atom is 0.393 e. The molecule has 23 heavy (non-hydrogen) atoms. The first-order valence-electron chi connectivity index (χ1n) is 7.48. The predicted octanol–water partition coefficient (Wildman–Crippen LogP) is 4.46. The molecule has 1 aliphatic rings. The maximum atomic E-state index is 14.2. The highest BCUT2D eigenvalue weighted by molar-refractivity contribution is 7.18. The minimum Gasteiger partial charge on any atom is -0.378 e. The number of fused-ring (bicyclic) bond motifs is 1. The summed E-state index contributed by atoms with van der Waals surface area (Å²) in [5, 5.41) is 5.34. The predicted molar refractivity (Wildman–Crippen MR) is 86.0 cm³/mol. The van der Waals surface area contributed by atoms with E-state index < -0.39 is 18.8 Å². The van der Waals surface area contributed by atoms with Crippen LogP contribution in [0.3, 0.4) is 0 Å². The maximum absolute atomic E-state index is 14.2. The molecule has 2 nitrogen and oxygen atoms in total. The molecule has 2 unspecified atom stereocenters. The van der Waals surface area contributed by atoms with E-state index in [-0.39, 0.29) is 11.6 Å². The highest BCUT2D eigenvalue weighted by Gasteiger charge is 2.30. The van der Waals surface area contributed by atoms with Crippen LogP contribution in [0.25, 0.3) is 10.1 Å². The van der Waals surface area contributed by atoms with Crippen molar-refractivity contribution >= 4 is 27.1 Å². The Morgan fingerprint density at radius 2 is 2.13 bits per heavy atom. The fourth-order valence-corrected chi connectivity index (χ4v) is 4.05. The first kappa shape index (κ1) is 16.5. The quantitative estimate of drug-likeness (QED) is 0.826. The van der Waals surface area contributed by atoms with Crippen molar-refractivity contribution in [1.82, 2.24) is 4.90 Å². The Morgan fingerprint density at radius 1 is 1.35 bits per heavy atom. The van der Waals surface area contributed by atoms with Crippen LogP contribution in [0.1, 0.15) is 12.0 Å². The van der Waals surface area contributed by atoms with E-state index >= 15 is 0 Å². The van der Waals surface area contributed by atoms with Crippen molar-refractivity contribution in [3.63, 3.8) is 0 Å². The van der Waals surface area contributed by atoms with Crippen LogP contribution >= 0.6 is 11.3 Å². The summed E-state index contributed by atoms with van der Waals surface area (Å²) in [6.45, 7) is 1.18. The molecule has 0 spiro atoms. The van der Waals surface area contributed by atoms with Gasteiger partial charge in [-0.3, -0.25) is 0 Å². The molecule has 0 bridgehead atoms. The Kier molecular flexibility index (Phi) is 4.51. The van der Waals surface area contributed by atoms with Crippen LogP contribution in [0.4, 0.5) is 23.2 Å². The summed E-state index contributed by atoms with van der Waals surface area (Å²) in [5.74, 6) is 0. The van der Waals surface area contributed by atoms with E-state index in [9.17, 15) is 17.6 Å². The van der Waals surface area contributed by atoms with Crippen molar-refractivity contribution in [2.45, 2.75) is 31.2 Å². The number of rotatable bonds is 3. The zero-order chi connectivity index (χ0) is 16.6. The molecule has 1 aliphatic heterocycles. The van der Waals surface area contributed by atoms with Crippen LogP contribution in [-0.4, -0.2) is 43.4 Å². The second-order valence-electron chi connectivity index (χ2n) is 6.05. The van der Waals surface area contributed by atoms with Crippen molar-refractivity contribution in [2.24, 2.45) is 0 Å². The second kappa shape index (κ2) is 6.28. The lowest BCUT2D eigenvalue weighted by Gasteiger charge is -2.33. The fourth-order valence-electron chi connectivity index (χ4n) is 3.00. The van der Waals surface area contributed by atoms with Crippen LogP contribution in [0.2, 0.25) is 0 Å². The average Bonchev–Trinajstić information content (AvgIpc) is 2.84. The molecule has 1 aromatic heterocycles. The SMILES string of the molecule is CN1CCC(Nc2cccc3c(CC(F)(F)F)csc23)C(F)C1. The van der Waals surface area contributed by atoms with Gasteiger partial charge in [-0.1, -0.05) is 12.1 Å². The number of halogens is 4. The number of likely N-dealkylation sites (tertiary alicyclic amines) is 1. The topological polar surface area (TPSA) is 15.3 Å². The molecule has 7 heteroatoms. The third kappa shape index (κ3) is 3.77. The van der Waals surface area contributed by atoms with E-state index in [4.69, 9.17) is 0 Å². The van der Waals surface area contributed by atoms with Crippen molar-refractivity contribution < 1.29 is 17.6 Å². The second-order valence-corrected chi connectivity index (χ2v) is 6.93. The molecule has 1 N–H and O–H groups in total. The molecule has 2 heterocycles. The number of nitrogens with one attached hydrogen (secondary N) is 1. The summed E-state index contributed by atoms with van der Waals surface area (Å²) in [6, 6.07) is 4.92. The minimum atomic E-state index is -4.23. The van der Waals surface area contributed by atoms with Gasteiger partial charge >= 0.3 is 6.18 Å². The summed E-state index contributed by atoms with van der Waals surface area (Å²) >= 11 is 1.28. The third-order valence-electron chi connectivity index (χ3n) is 4.16. The standard InChI is InChI=1S/C16H18F4N2S/c1-22-6-5-13(12(17)8-22)21-14-4-2-3-11-10(7-16(18,19)20)9-23-15(11)14/h2-4,9,12-13,21H,5-8H2,1H3. The molecule has 0 amide bonds. The molecule has 3 rings (SSSR count). The number of benzene rings is 1. The Labute approximate surface area is 136 Å².